The van der Waals surface area contributed by atoms with Crippen LogP contribution >= 0.6 is 11.3 Å². The van der Waals surface area contributed by atoms with Crippen molar-refractivity contribution in [1.82, 2.24) is 10.2 Å². The first-order valence-electron chi connectivity index (χ1n) is 8.87. The summed E-state index contributed by atoms with van der Waals surface area (Å²) in [7, 11) is 1.38. The fourth-order valence-corrected chi connectivity index (χ4v) is 3.96. The van der Waals surface area contributed by atoms with Crippen molar-refractivity contribution in [2.45, 2.75) is 38.4 Å². The van der Waals surface area contributed by atoms with Crippen molar-refractivity contribution in [2.24, 2.45) is 0 Å². The van der Waals surface area contributed by atoms with Gasteiger partial charge >= 0.3 is 5.97 Å². The van der Waals surface area contributed by atoms with E-state index in [1.54, 1.807) is 23.5 Å². The molecule has 1 atom stereocenters. The molecule has 1 amide bonds. The van der Waals surface area contributed by atoms with Crippen LogP contribution in [0.15, 0.2) is 41.8 Å². The molecule has 0 bridgehead atoms. The summed E-state index contributed by atoms with van der Waals surface area (Å²) in [5.41, 5.74) is 1.68. The highest BCUT2D eigenvalue weighted by atomic mass is 32.1. The Kier molecular flexibility index (Phi) is 6.41. The minimum Gasteiger partial charge on any atom is -0.465 e. The third-order valence-corrected chi connectivity index (χ3v) is 5.58. The number of carbonyl (C=O) groups excluding carboxylic acids is 2. The van der Waals surface area contributed by atoms with Gasteiger partial charge in [-0.05, 0) is 48.5 Å². The summed E-state index contributed by atoms with van der Waals surface area (Å²) >= 11 is 1.70. The number of likely N-dealkylation sites (tertiary alicyclic amines) is 1. The smallest absolute Gasteiger partial charge is 0.337 e. The predicted molar refractivity (Wildman–Crippen MR) is 102 cm³/mol. The topological polar surface area (TPSA) is 58.6 Å². The summed E-state index contributed by atoms with van der Waals surface area (Å²) in [6.45, 7) is 2.33. The number of nitrogens with one attached hydrogen (secondary N) is 1. The van der Waals surface area contributed by atoms with E-state index in [-0.39, 0.29) is 11.9 Å². The molecule has 1 aromatic heterocycles. The third kappa shape index (κ3) is 4.71. The SMILES string of the molecule is COC(=O)c1ccc(CNCC[C@H]2CCC(=O)N2Cc2cccs2)cc1. The minimum absolute atomic E-state index is 0.266. The van der Waals surface area contributed by atoms with Crippen molar-refractivity contribution >= 4 is 23.2 Å². The molecule has 1 N–H and O–H groups in total. The molecule has 26 heavy (non-hydrogen) atoms. The molecule has 5 nitrogen and oxygen atoms in total. The number of esters is 1. The number of ether oxygens (including phenoxy) is 1. The van der Waals surface area contributed by atoms with Crippen molar-refractivity contribution in [3.63, 3.8) is 0 Å². The van der Waals surface area contributed by atoms with Crippen molar-refractivity contribution in [3.8, 4) is 0 Å². The third-order valence-electron chi connectivity index (χ3n) is 4.72. The maximum Gasteiger partial charge on any atom is 0.337 e. The zero-order chi connectivity index (χ0) is 18.4. The zero-order valence-corrected chi connectivity index (χ0v) is 15.8. The van der Waals surface area contributed by atoms with Gasteiger partial charge in [-0.15, -0.1) is 11.3 Å². The van der Waals surface area contributed by atoms with E-state index >= 15 is 0 Å². The number of thiophene rings is 1. The van der Waals surface area contributed by atoms with Gasteiger partial charge in [0.05, 0.1) is 19.2 Å². The largest absolute Gasteiger partial charge is 0.465 e. The summed E-state index contributed by atoms with van der Waals surface area (Å²) in [6.07, 6.45) is 2.56. The number of amides is 1. The van der Waals surface area contributed by atoms with Gasteiger partial charge in [-0.3, -0.25) is 4.79 Å². The quantitative estimate of drug-likeness (QED) is 0.571. The van der Waals surface area contributed by atoms with Crippen molar-refractivity contribution in [2.75, 3.05) is 13.7 Å². The van der Waals surface area contributed by atoms with Gasteiger partial charge in [-0.25, -0.2) is 4.79 Å². The summed E-state index contributed by atoms with van der Waals surface area (Å²) in [5.74, 6) is -0.0527. The lowest BCUT2D eigenvalue weighted by Crippen LogP contribution is -2.34. The lowest BCUT2D eigenvalue weighted by atomic mass is 10.1. The van der Waals surface area contributed by atoms with E-state index in [0.717, 1.165) is 38.0 Å². The van der Waals surface area contributed by atoms with Crippen LogP contribution in [0, 0.1) is 0 Å². The standard InChI is InChI=1S/C20H24N2O3S/c1-25-20(24)16-6-4-15(5-7-16)13-21-11-10-17-8-9-19(23)22(17)14-18-3-2-12-26-18/h2-7,12,17,21H,8-11,13-14H2,1H3/t17-/m1/s1. The van der Waals surface area contributed by atoms with E-state index in [2.05, 4.69) is 16.8 Å². The Morgan fingerprint density at radius 2 is 2.12 bits per heavy atom. The normalized spacial score (nSPS) is 16.9. The van der Waals surface area contributed by atoms with Gasteiger partial charge in [0.25, 0.3) is 0 Å². The number of nitrogens with zero attached hydrogens (tertiary/aromatic N) is 1. The minimum atomic E-state index is -0.318. The number of methoxy groups -OCH3 is 1. The fraction of sp³-hybridized carbons (Fsp3) is 0.400. The van der Waals surface area contributed by atoms with Crippen LogP contribution < -0.4 is 5.32 Å². The number of benzene rings is 1. The molecular weight excluding hydrogens is 348 g/mol. The maximum atomic E-state index is 12.1. The Morgan fingerprint density at radius 3 is 2.81 bits per heavy atom. The predicted octanol–water partition coefficient (Wildman–Crippen LogP) is 3.21. The highest BCUT2D eigenvalue weighted by Crippen LogP contribution is 2.25. The summed E-state index contributed by atoms with van der Waals surface area (Å²) in [5, 5.41) is 5.49. The molecular formula is C20H24N2O3S. The molecule has 6 heteroatoms. The van der Waals surface area contributed by atoms with Gasteiger partial charge in [0.15, 0.2) is 0 Å². The van der Waals surface area contributed by atoms with Gasteiger partial charge in [0, 0.05) is 23.9 Å². The van der Waals surface area contributed by atoms with Gasteiger partial charge in [-0.1, -0.05) is 18.2 Å². The van der Waals surface area contributed by atoms with Crippen LogP contribution in [-0.2, 0) is 22.6 Å². The van der Waals surface area contributed by atoms with Gasteiger partial charge in [0.1, 0.15) is 0 Å². The number of rotatable bonds is 8. The fourth-order valence-electron chi connectivity index (χ4n) is 3.26. The molecule has 0 spiro atoms. The summed E-state index contributed by atoms with van der Waals surface area (Å²) in [6, 6.07) is 11.9. The van der Waals surface area contributed by atoms with Crippen LogP contribution in [0.3, 0.4) is 0 Å². The molecule has 0 unspecified atom stereocenters. The Balaban J connectivity index is 1.44. The maximum absolute atomic E-state index is 12.1. The highest BCUT2D eigenvalue weighted by molar-refractivity contribution is 7.09. The second kappa shape index (κ2) is 8.96. The second-order valence-electron chi connectivity index (χ2n) is 6.45. The van der Waals surface area contributed by atoms with Crippen LogP contribution in [0.25, 0.3) is 0 Å². The molecule has 1 saturated heterocycles. The van der Waals surface area contributed by atoms with E-state index in [0.29, 0.717) is 18.0 Å². The zero-order valence-electron chi connectivity index (χ0n) is 14.9. The van der Waals surface area contributed by atoms with Crippen LogP contribution in [-0.4, -0.2) is 36.5 Å². The Morgan fingerprint density at radius 1 is 1.31 bits per heavy atom. The Labute approximate surface area is 158 Å². The van der Waals surface area contributed by atoms with E-state index < -0.39 is 0 Å². The van der Waals surface area contributed by atoms with E-state index in [1.165, 1.54) is 12.0 Å². The van der Waals surface area contributed by atoms with Crippen molar-refractivity contribution in [1.29, 1.82) is 0 Å². The van der Waals surface area contributed by atoms with E-state index in [4.69, 9.17) is 4.74 Å². The first kappa shape index (κ1) is 18.6. The molecule has 1 aliphatic heterocycles. The summed E-state index contributed by atoms with van der Waals surface area (Å²) < 4.78 is 4.70. The highest BCUT2D eigenvalue weighted by Gasteiger charge is 2.30. The molecule has 2 aromatic rings. The molecule has 1 aliphatic rings. The molecule has 1 aromatic carbocycles. The monoisotopic (exact) mass is 372 g/mol. The molecule has 0 radical (unpaired) electrons. The Hall–Kier alpha value is -2.18. The first-order chi connectivity index (χ1) is 12.7. The lowest BCUT2D eigenvalue weighted by molar-refractivity contribution is -0.129. The van der Waals surface area contributed by atoms with Crippen LogP contribution in [0.4, 0.5) is 0 Å². The molecule has 1 fully saturated rings. The molecule has 0 saturated carbocycles. The van der Waals surface area contributed by atoms with Crippen LogP contribution in [0.1, 0.15) is 40.1 Å². The molecule has 3 rings (SSSR count). The van der Waals surface area contributed by atoms with Gasteiger partial charge in [-0.2, -0.15) is 0 Å². The van der Waals surface area contributed by atoms with Gasteiger partial charge in [0.2, 0.25) is 5.91 Å². The van der Waals surface area contributed by atoms with Crippen LogP contribution in [0.2, 0.25) is 0 Å². The molecule has 2 heterocycles. The van der Waals surface area contributed by atoms with Crippen molar-refractivity contribution < 1.29 is 14.3 Å². The van der Waals surface area contributed by atoms with Crippen LogP contribution in [0.5, 0.6) is 0 Å². The molecule has 138 valence electrons. The number of hydrogen-bond acceptors (Lipinski definition) is 5. The molecule has 0 aliphatic carbocycles. The first-order valence-corrected chi connectivity index (χ1v) is 9.75. The number of hydrogen-bond donors (Lipinski definition) is 1. The average Bonchev–Trinajstić information content (AvgIpc) is 3.30. The van der Waals surface area contributed by atoms with Gasteiger partial charge < -0.3 is 15.0 Å². The lowest BCUT2D eigenvalue weighted by Gasteiger charge is -2.24. The van der Waals surface area contributed by atoms with Crippen molar-refractivity contribution in [3.05, 3.63) is 57.8 Å². The Bertz CT molecular complexity index is 728. The number of carbonyl (C=O) groups is 2. The summed E-state index contributed by atoms with van der Waals surface area (Å²) in [4.78, 5) is 26.8. The second-order valence-corrected chi connectivity index (χ2v) is 7.48. The van der Waals surface area contributed by atoms with E-state index in [9.17, 15) is 9.59 Å². The van der Waals surface area contributed by atoms with E-state index in [1.807, 2.05) is 23.1 Å². The average molecular weight is 372 g/mol.